The van der Waals surface area contributed by atoms with E-state index in [0.717, 1.165) is 25.7 Å². The quantitative estimate of drug-likeness (QED) is 0.893. The van der Waals surface area contributed by atoms with Gasteiger partial charge in [0.15, 0.2) is 0 Å². The summed E-state index contributed by atoms with van der Waals surface area (Å²) in [7, 11) is 0. The first-order chi connectivity index (χ1) is 11.6. The molecule has 5 nitrogen and oxygen atoms in total. The Morgan fingerprint density at radius 2 is 1.62 bits per heavy atom. The smallest absolute Gasteiger partial charge is 0.315 e. The third-order valence-corrected chi connectivity index (χ3v) is 4.88. The number of piperidine rings is 1. The highest BCUT2D eigenvalue weighted by atomic mass is 19.1. The Morgan fingerprint density at radius 1 is 1.00 bits per heavy atom. The molecule has 0 aromatic heterocycles. The molecular weight excluding hydrogens is 309 g/mol. The standard InChI is InChI=1S/C18H24FN3O2/c19-14-5-3-4-13(12-14)17(23)22-10-8-16(9-11-22)21-18(24)20-15-6-1-2-7-15/h3-5,12,15-16H,1-2,6-11H2,(H2,20,21,24). The van der Waals surface area contributed by atoms with Crippen molar-refractivity contribution < 1.29 is 14.0 Å². The summed E-state index contributed by atoms with van der Waals surface area (Å²) in [4.78, 5) is 26.1. The fourth-order valence-corrected chi connectivity index (χ4v) is 3.51. The van der Waals surface area contributed by atoms with Crippen LogP contribution in [-0.2, 0) is 0 Å². The number of benzene rings is 1. The molecule has 3 rings (SSSR count). The van der Waals surface area contributed by atoms with Crippen LogP contribution in [0.2, 0.25) is 0 Å². The van der Waals surface area contributed by atoms with Gasteiger partial charge in [-0.15, -0.1) is 0 Å². The number of amides is 3. The summed E-state index contributed by atoms with van der Waals surface area (Å²) >= 11 is 0. The zero-order chi connectivity index (χ0) is 16.9. The third kappa shape index (κ3) is 4.24. The van der Waals surface area contributed by atoms with Gasteiger partial charge in [0.05, 0.1) is 0 Å². The molecule has 24 heavy (non-hydrogen) atoms. The van der Waals surface area contributed by atoms with E-state index in [1.165, 1.54) is 25.0 Å². The van der Waals surface area contributed by atoms with Crippen LogP contribution in [-0.4, -0.2) is 42.0 Å². The number of nitrogens with zero attached hydrogens (tertiary/aromatic N) is 1. The van der Waals surface area contributed by atoms with Crippen LogP contribution in [0.1, 0.15) is 48.9 Å². The van der Waals surface area contributed by atoms with Gasteiger partial charge >= 0.3 is 6.03 Å². The molecule has 130 valence electrons. The lowest BCUT2D eigenvalue weighted by Crippen LogP contribution is -2.50. The Balaban J connectivity index is 1.45. The molecule has 0 unspecified atom stereocenters. The van der Waals surface area contributed by atoms with Crippen molar-refractivity contribution in [3.05, 3.63) is 35.6 Å². The number of rotatable bonds is 3. The third-order valence-electron chi connectivity index (χ3n) is 4.88. The van der Waals surface area contributed by atoms with Crippen LogP contribution in [0.25, 0.3) is 0 Å². The van der Waals surface area contributed by atoms with E-state index in [2.05, 4.69) is 10.6 Å². The number of hydrogen-bond donors (Lipinski definition) is 2. The minimum absolute atomic E-state index is 0.0861. The number of carbonyl (C=O) groups is 2. The Labute approximate surface area is 141 Å². The minimum Gasteiger partial charge on any atom is -0.338 e. The molecule has 0 atom stereocenters. The molecule has 2 fully saturated rings. The largest absolute Gasteiger partial charge is 0.338 e. The topological polar surface area (TPSA) is 61.4 Å². The first kappa shape index (κ1) is 16.7. The van der Waals surface area contributed by atoms with Crippen LogP contribution in [0, 0.1) is 5.82 Å². The van der Waals surface area contributed by atoms with Gasteiger partial charge in [-0.3, -0.25) is 4.79 Å². The lowest BCUT2D eigenvalue weighted by atomic mass is 10.0. The van der Waals surface area contributed by atoms with Crippen LogP contribution in [0.4, 0.5) is 9.18 Å². The average Bonchev–Trinajstić information content (AvgIpc) is 3.07. The van der Waals surface area contributed by atoms with E-state index in [-0.39, 0.29) is 18.0 Å². The lowest BCUT2D eigenvalue weighted by molar-refractivity contribution is 0.0707. The molecule has 3 amide bonds. The highest BCUT2D eigenvalue weighted by Crippen LogP contribution is 2.18. The van der Waals surface area contributed by atoms with E-state index >= 15 is 0 Å². The SMILES string of the molecule is O=C(NC1CCCC1)NC1CCN(C(=O)c2cccc(F)c2)CC1. The molecule has 0 spiro atoms. The van der Waals surface area contributed by atoms with E-state index in [9.17, 15) is 14.0 Å². The zero-order valence-corrected chi connectivity index (χ0v) is 13.8. The molecule has 1 saturated heterocycles. The fraction of sp³-hybridized carbons (Fsp3) is 0.556. The van der Waals surface area contributed by atoms with Crippen molar-refractivity contribution in [3.63, 3.8) is 0 Å². The first-order valence-corrected chi connectivity index (χ1v) is 8.74. The van der Waals surface area contributed by atoms with Crippen molar-refractivity contribution in [3.8, 4) is 0 Å². The number of hydrogen-bond acceptors (Lipinski definition) is 2. The molecule has 1 aromatic rings. The predicted molar refractivity (Wildman–Crippen MR) is 89.2 cm³/mol. The summed E-state index contributed by atoms with van der Waals surface area (Å²) in [6.07, 6.45) is 5.94. The van der Waals surface area contributed by atoms with Crippen LogP contribution >= 0.6 is 0 Å². The second kappa shape index (κ2) is 7.64. The minimum atomic E-state index is -0.402. The molecule has 1 aliphatic heterocycles. The normalized spacial score (nSPS) is 19.3. The van der Waals surface area contributed by atoms with E-state index in [0.29, 0.717) is 24.7 Å². The Hall–Kier alpha value is -2.11. The second-order valence-electron chi connectivity index (χ2n) is 6.68. The lowest BCUT2D eigenvalue weighted by Gasteiger charge is -2.32. The zero-order valence-electron chi connectivity index (χ0n) is 13.8. The average molecular weight is 333 g/mol. The summed E-state index contributed by atoms with van der Waals surface area (Å²) in [5.41, 5.74) is 0.375. The van der Waals surface area contributed by atoms with Gasteiger partial charge < -0.3 is 15.5 Å². The first-order valence-electron chi connectivity index (χ1n) is 8.74. The van der Waals surface area contributed by atoms with Gasteiger partial charge in [0, 0.05) is 30.7 Å². The Bertz CT molecular complexity index is 594. The van der Waals surface area contributed by atoms with Gasteiger partial charge in [0.2, 0.25) is 0 Å². The molecule has 1 saturated carbocycles. The Morgan fingerprint density at radius 3 is 2.25 bits per heavy atom. The molecular formula is C18H24FN3O2. The van der Waals surface area contributed by atoms with Crippen molar-refractivity contribution >= 4 is 11.9 Å². The van der Waals surface area contributed by atoms with Crippen molar-refractivity contribution in [1.82, 2.24) is 15.5 Å². The van der Waals surface area contributed by atoms with Crippen molar-refractivity contribution in [2.24, 2.45) is 0 Å². The van der Waals surface area contributed by atoms with E-state index < -0.39 is 5.82 Å². The van der Waals surface area contributed by atoms with Crippen LogP contribution in [0.15, 0.2) is 24.3 Å². The number of urea groups is 1. The number of likely N-dealkylation sites (tertiary alicyclic amines) is 1. The van der Waals surface area contributed by atoms with Crippen LogP contribution in [0.5, 0.6) is 0 Å². The summed E-state index contributed by atoms with van der Waals surface area (Å²) in [5, 5.41) is 6.03. The monoisotopic (exact) mass is 333 g/mol. The van der Waals surface area contributed by atoms with Crippen molar-refractivity contribution in [2.75, 3.05) is 13.1 Å². The fourth-order valence-electron chi connectivity index (χ4n) is 3.51. The molecule has 1 heterocycles. The maximum Gasteiger partial charge on any atom is 0.315 e. The molecule has 0 radical (unpaired) electrons. The summed E-state index contributed by atoms with van der Waals surface area (Å²) in [6, 6.07) is 6.06. The molecule has 1 aliphatic carbocycles. The van der Waals surface area contributed by atoms with Gasteiger partial charge in [0.25, 0.3) is 5.91 Å². The van der Waals surface area contributed by atoms with Gasteiger partial charge in [-0.1, -0.05) is 18.9 Å². The maximum atomic E-state index is 13.2. The van der Waals surface area contributed by atoms with E-state index in [1.807, 2.05) is 0 Å². The van der Waals surface area contributed by atoms with Crippen molar-refractivity contribution in [1.29, 1.82) is 0 Å². The molecule has 1 aromatic carbocycles. The van der Waals surface area contributed by atoms with Crippen LogP contribution in [0.3, 0.4) is 0 Å². The molecule has 6 heteroatoms. The van der Waals surface area contributed by atoms with Gasteiger partial charge in [-0.05, 0) is 43.9 Å². The van der Waals surface area contributed by atoms with Gasteiger partial charge in [-0.2, -0.15) is 0 Å². The van der Waals surface area contributed by atoms with E-state index in [1.54, 1.807) is 17.0 Å². The van der Waals surface area contributed by atoms with E-state index in [4.69, 9.17) is 0 Å². The molecule has 2 N–H and O–H groups in total. The van der Waals surface area contributed by atoms with Gasteiger partial charge in [0.1, 0.15) is 5.82 Å². The highest BCUT2D eigenvalue weighted by Gasteiger charge is 2.25. The number of carbonyl (C=O) groups excluding carboxylic acids is 2. The maximum absolute atomic E-state index is 13.2. The predicted octanol–water partition coefficient (Wildman–Crippen LogP) is 2.67. The van der Waals surface area contributed by atoms with Gasteiger partial charge in [-0.25, -0.2) is 9.18 Å². The highest BCUT2D eigenvalue weighted by molar-refractivity contribution is 5.94. The van der Waals surface area contributed by atoms with Crippen LogP contribution < -0.4 is 10.6 Å². The van der Waals surface area contributed by atoms with Crippen molar-refractivity contribution in [2.45, 2.75) is 50.6 Å². The molecule has 2 aliphatic rings. The Kier molecular flexibility index (Phi) is 5.33. The summed E-state index contributed by atoms with van der Waals surface area (Å²) in [6.45, 7) is 1.15. The summed E-state index contributed by atoms with van der Waals surface area (Å²) in [5.74, 6) is -0.552. The second-order valence-corrected chi connectivity index (χ2v) is 6.68. The number of nitrogens with one attached hydrogen (secondary N) is 2. The summed E-state index contributed by atoms with van der Waals surface area (Å²) < 4.78 is 13.2. The molecule has 0 bridgehead atoms. The number of halogens is 1.